The quantitative estimate of drug-likeness (QED) is 0.633. The van der Waals surface area contributed by atoms with Crippen LogP contribution in [0.4, 0.5) is 5.69 Å². The molecule has 1 aromatic rings. The summed E-state index contributed by atoms with van der Waals surface area (Å²) in [6, 6.07) is 7.89. The van der Waals surface area contributed by atoms with Crippen LogP contribution in [0.25, 0.3) is 0 Å². The van der Waals surface area contributed by atoms with Crippen LogP contribution in [0.3, 0.4) is 0 Å². The molecule has 5 heteroatoms. The summed E-state index contributed by atoms with van der Waals surface area (Å²) in [5.74, 6) is 5.50. The molecule has 1 fully saturated rings. The van der Waals surface area contributed by atoms with Crippen LogP contribution < -0.4 is 11.3 Å². The lowest BCUT2D eigenvalue weighted by atomic mass is 10.1. The van der Waals surface area contributed by atoms with Gasteiger partial charge in [-0.15, -0.1) is 0 Å². The van der Waals surface area contributed by atoms with Crippen molar-refractivity contribution in [2.24, 2.45) is 5.84 Å². The van der Waals surface area contributed by atoms with E-state index in [1.54, 1.807) is 0 Å². The molecule has 1 aromatic carbocycles. The van der Waals surface area contributed by atoms with Crippen molar-refractivity contribution in [1.29, 1.82) is 0 Å². The molecule has 1 aliphatic heterocycles. The Morgan fingerprint density at radius 2 is 1.84 bits per heavy atom. The summed E-state index contributed by atoms with van der Waals surface area (Å²) in [5.41, 5.74) is 3.91. The molecule has 0 saturated carbocycles. The second kappa shape index (κ2) is 6.04. The summed E-state index contributed by atoms with van der Waals surface area (Å²) >= 11 is 0. The number of hydrazine groups is 1. The highest BCUT2D eigenvalue weighted by Crippen LogP contribution is 2.17. The van der Waals surface area contributed by atoms with E-state index in [2.05, 4.69) is 24.2 Å². The topological polar surface area (TPSA) is 61.6 Å². The molecule has 5 nitrogen and oxygen atoms in total. The number of carbonyl (C=O) groups is 1. The molecule has 0 aliphatic carbocycles. The van der Waals surface area contributed by atoms with Gasteiger partial charge in [-0.25, -0.2) is 0 Å². The number of amides is 1. The molecule has 0 atom stereocenters. The lowest BCUT2D eigenvalue weighted by Gasteiger charge is -2.37. The van der Waals surface area contributed by atoms with E-state index in [0.717, 1.165) is 26.2 Å². The predicted octanol–water partition coefficient (Wildman–Crippen LogP) is 1.14. The number of anilines is 1. The van der Waals surface area contributed by atoms with E-state index in [-0.39, 0.29) is 5.91 Å². The summed E-state index contributed by atoms with van der Waals surface area (Å²) < 4.78 is 0. The largest absolute Gasteiger partial charge is 0.336 e. The third-order valence-electron chi connectivity index (χ3n) is 3.64. The molecule has 0 aromatic heterocycles. The Balaban J connectivity index is 2.05. The summed E-state index contributed by atoms with van der Waals surface area (Å²) in [4.78, 5) is 16.8. The number of para-hydroxylation sites is 1. The van der Waals surface area contributed by atoms with E-state index >= 15 is 0 Å². The van der Waals surface area contributed by atoms with Crippen molar-refractivity contribution in [3.05, 3.63) is 29.8 Å². The van der Waals surface area contributed by atoms with Gasteiger partial charge in [0.05, 0.1) is 11.3 Å². The molecule has 1 heterocycles. The van der Waals surface area contributed by atoms with Crippen LogP contribution in [-0.4, -0.2) is 47.9 Å². The zero-order chi connectivity index (χ0) is 13.8. The number of nitrogens with zero attached hydrogens (tertiary/aromatic N) is 2. The van der Waals surface area contributed by atoms with Crippen LogP contribution in [0.1, 0.15) is 24.2 Å². The molecule has 0 radical (unpaired) electrons. The van der Waals surface area contributed by atoms with Crippen LogP contribution in [0, 0.1) is 0 Å². The smallest absolute Gasteiger partial charge is 0.256 e. The SMILES string of the molecule is CC(C)N1CCN(C(=O)c2ccccc2NN)CC1. The molecule has 1 aliphatic rings. The number of benzene rings is 1. The minimum atomic E-state index is 0.0527. The Morgan fingerprint density at radius 3 is 2.42 bits per heavy atom. The highest BCUT2D eigenvalue weighted by Gasteiger charge is 2.24. The summed E-state index contributed by atoms with van der Waals surface area (Å²) in [5, 5.41) is 0. The minimum absolute atomic E-state index is 0.0527. The molecule has 2 rings (SSSR count). The van der Waals surface area contributed by atoms with Gasteiger partial charge in [0.2, 0.25) is 0 Å². The van der Waals surface area contributed by atoms with E-state index in [1.807, 2.05) is 29.2 Å². The second-order valence-electron chi connectivity index (χ2n) is 5.11. The summed E-state index contributed by atoms with van der Waals surface area (Å²) in [6.45, 7) is 7.78. The zero-order valence-electron chi connectivity index (χ0n) is 11.6. The fraction of sp³-hybridized carbons (Fsp3) is 0.500. The van der Waals surface area contributed by atoms with Crippen molar-refractivity contribution in [1.82, 2.24) is 9.80 Å². The van der Waals surface area contributed by atoms with Gasteiger partial charge in [-0.2, -0.15) is 0 Å². The van der Waals surface area contributed by atoms with Gasteiger partial charge in [0.15, 0.2) is 0 Å². The fourth-order valence-corrected chi connectivity index (χ4v) is 2.41. The third-order valence-corrected chi connectivity index (χ3v) is 3.64. The van der Waals surface area contributed by atoms with Crippen molar-refractivity contribution in [3.63, 3.8) is 0 Å². The average molecular weight is 262 g/mol. The fourth-order valence-electron chi connectivity index (χ4n) is 2.41. The Kier molecular flexibility index (Phi) is 4.39. The number of nitrogens with two attached hydrogens (primary N) is 1. The number of rotatable bonds is 3. The number of piperazine rings is 1. The summed E-state index contributed by atoms with van der Waals surface area (Å²) in [7, 11) is 0. The zero-order valence-corrected chi connectivity index (χ0v) is 11.6. The first-order valence-electron chi connectivity index (χ1n) is 6.72. The number of hydrogen-bond donors (Lipinski definition) is 2. The van der Waals surface area contributed by atoms with Crippen LogP contribution in [0.15, 0.2) is 24.3 Å². The Bertz CT molecular complexity index is 439. The Labute approximate surface area is 114 Å². The highest BCUT2D eigenvalue weighted by molar-refractivity contribution is 5.99. The maximum Gasteiger partial charge on any atom is 0.256 e. The standard InChI is InChI=1S/C14H22N4O/c1-11(2)17-7-9-18(10-8-17)14(19)12-5-3-4-6-13(12)16-15/h3-6,11,16H,7-10,15H2,1-2H3. The first kappa shape index (κ1) is 13.8. The van der Waals surface area contributed by atoms with Crippen LogP contribution in [0.2, 0.25) is 0 Å². The van der Waals surface area contributed by atoms with Crippen molar-refractivity contribution < 1.29 is 4.79 Å². The van der Waals surface area contributed by atoms with E-state index in [4.69, 9.17) is 5.84 Å². The number of carbonyl (C=O) groups excluding carboxylic acids is 1. The minimum Gasteiger partial charge on any atom is -0.336 e. The van der Waals surface area contributed by atoms with Gasteiger partial charge in [-0.3, -0.25) is 15.5 Å². The van der Waals surface area contributed by atoms with E-state index in [0.29, 0.717) is 17.3 Å². The van der Waals surface area contributed by atoms with E-state index in [9.17, 15) is 4.79 Å². The van der Waals surface area contributed by atoms with E-state index < -0.39 is 0 Å². The van der Waals surface area contributed by atoms with Crippen LogP contribution >= 0.6 is 0 Å². The van der Waals surface area contributed by atoms with Gasteiger partial charge in [-0.1, -0.05) is 12.1 Å². The molecular formula is C14H22N4O. The third kappa shape index (κ3) is 3.05. The number of nitrogen functional groups attached to an aromatic ring is 1. The first-order chi connectivity index (χ1) is 9.13. The van der Waals surface area contributed by atoms with Crippen molar-refractivity contribution in [2.45, 2.75) is 19.9 Å². The summed E-state index contributed by atoms with van der Waals surface area (Å²) in [6.07, 6.45) is 0. The molecule has 0 spiro atoms. The molecule has 1 saturated heterocycles. The maximum absolute atomic E-state index is 12.5. The molecular weight excluding hydrogens is 240 g/mol. The van der Waals surface area contributed by atoms with Crippen molar-refractivity contribution in [3.8, 4) is 0 Å². The van der Waals surface area contributed by atoms with Crippen molar-refractivity contribution >= 4 is 11.6 Å². The van der Waals surface area contributed by atoms with Crippen LogP contribution in [-0.2, 0) is 0 Å². The molecule has 19 heavy (non-hydrogen) atoms. The predicted molar refractivity (Wildman–Crippen MR) is 76.9 cm³/mol. The Morgan fingerprint density at radius 1 is 1.21 bits per heavy atom. The molecule has 0 unspecified atom stereocenters. The maximum atomic E-state index is 12.5. The van der Waals surface area contributed by atoms with Gasteiger partial charge < -0.3 is 10.3 Å². The molecule has 0 bridgehead atoms. The van der Waals surface area contributed by atoms with Gasteiger partial charge in [-0.05, 0) is 26.0 Å². The van der Waals surface area contributed by atoms with Gasteiger partial charge >= 0.3 is 0 Å². The number of nitrogens with one attached hydrogen (secondary N) is 1. The lowest BCUT2D eigenvalue weighted by molar-refractivity contribution is 0.0596. The molecule has 1 amide bonds. The molecule has 3 N–H and O–H groups in total. The highest BCUT2D eigenvalue weighted by atomic mass is 16.2. The van der Waals surface area contributed by atoms with Crippen molar-refractivity contribution in [2.75, 3.05) is 31.6 Å². The van der Waals surface area contributed by atoms with Gasteiger partial charge in [0.1, 0.15) is 0 Å². The monoisotopic (exact) mass is 262 g/mol. The first-order valence-corrected chi connectivity index (χ1v) is 6.72. The van der Waals surface area contributed by atoms with Gasteiger partial charge in [0, 0.05) is 32.2 Å². The van der Waals surface area contributed by atoms with Gasteiger partial charge in [0.25, 0.3) is 5.91 Å². The van der Waals surface area contributed by atoms with Crippen LogP contribution in [0.5, 0.6) is 0 Å². The number of hydrogen-bond acceptors (Lipinski definition) is 4. The Hall–Kier alpha value is -1.59. The lowest BCUT2D eigenvalue weighted by Crippen LogP contribution is -2.50. The average Bonchev–Trinajstić information content (AvgIpc) is 2.46. The second-order valence-corrected chi connectivity index (χ2v) is 5.11. The van der Waals surface area contributed by atoms with E-state index in [1.165, 1.54) is 0 Å². The normalized spacial score (nSPS) is 16.7. The molecule has 104 valence electrons.